The Labute approximate surface area is 116 Å². The number of hydrogen-bond acceptors (Lipinski definition) is 1. The van der Waals surface area contributed by atoms with Crippen LogP contribution in [0, 0.1) is 25.5 Å². The molecule has 0 bridgehead atoms. The van der Waals surface area contributed by atoms with Gasteiger partial charge in [0.15, 0.2) is 5.82 Å². The molecule has 1 nitrogen and oxygen atoms in total. The highest BCUT2D eigenvalue weighted by atomic mass is 35.5. The van der Waals surface area contributed by atoms with E-state index in [-0.39, 0.29) is 10.7 Å². The summed E-state index contributed by atoms with van der Waals surface area (Å²) in [4.78, 5) is 0. The van der Waals surface area contributed by atoms with Crippen LogP contribution in [0.2, 0.25) is 5.02 Å². The summed E-state index contributed by atoms with van der Waals surface area (Å²) in [5.41, 5.74) is 3.46. The molecule has 0 aliphatic heterocycles. The highest BCUT2D eigenvalue weighted by molar-refractivity contribution is 6.33. The van der Waals surface area contributed by atoms with Crippen molar-refractivity contribution in [1.29, 1.82) is 0 Å². The van der Waals surface area contributed by atoms with E-state index in [1.54, 1.807) is 0 Å². The maximum absolute atomic E-state index is 13.6. The lowest BCUT2D eigenvalue weighted by molar-refractivity contribution is 0.585. The summed E-state index contributed by atoms with van der Waals surface area (Å²) in [5.74, 6) is -1.37. The summed E-state index contributed by atoms with van der Waals surface area (Å²) < 4.78 is 26.5. The third-order valence-corrected chi connectivity index (χ3v) is 3.26. The average Bonchev–Trinajstić information content (AvgIpc) is 2.30. The van der Waals surface area contributed by atoms with Gasteiger partial charge in [0.25, 0.3) is 0 Å². The van der Waals surface area contributed by atoms with E-state index in [0.717, 1.165) is 23.3 Å². The summed E-state index contributed by atoms with van der Waals surface area (Å²) in [7, 11) is 0. The predicted octanol–water partition coefficient (Wildman–Crippen LogP) is 4.85. The van der Waals surface area contributed by atoms with E-state index in [1.807, 2.05) is 26.0 Å². The van der Waals surface area contributed by atoms with Crippen molar-refractivity contribution >= 4 is 17.3 Å². The van der Waals surface area contributed by atoms with Crippen LogP contribution in [0.3, 0.4) is 0 Å². The van der Waals surface area contributed by atoms with Crippen LogP contribution in [0.5, 0.6) is 0 Å². The van der Waals surface area contributed by atoms with Gasteiger partial charge in [0, 0.05) is 12.6 Å². The van der Waals surface area contributed by atoms with Crippen molar-refractivity contribution < 1.29 is 8.78 Å². The van der Waals surface area contributed by atoms with Gasteiger partial charge in [-0.1, -0.05) is 35.4 Å². The maximum Gasteiger partial charge on any atom is 0.150 e. The highest BCUT2D eigenvalue weighted by Gasteiger charge is 2.10. The average molecular weight is 282 g/mol. The molecular formula is C15H14ClF2N. The van der Waals surface area contributed by atoms with E-state index >= 15 is 0 Å². The van der Waals surface area contributed by atoms with Crippen LogP contribution in [-0.2, 0) is 6.54 Å². The van der Waals surface area contributed by atoms with E-state index in [9.17, 15) is 8.78 Å². The smallest absolute Gasteiger partial charge is 0.150 e. The molecule has 4 heteroatoms. The van der Waals surface area contributed by atoms with Crippen molar-refractivity contribution in [3.63, 3.8) is 0 Å². The van der Waals surface area contributed by atoms with Crippen molar-refractivity contribution in [3.05, 3.63) is 63.7 Å². The molecule has 0 spiro atoms. The van der Waals surface area contributed by atoms with Crippen molar-refractivity contribution in [1.82, 2.24) is 0 Å². The van der Waals surface area contributed by atoms with E-state index < -0.39 is 11.6 Å². The third kappa shape index (κ3) is 3.24. The number of nitrogens with one attached hydrogen (secondary N) is 1. The quantitative estimate of drug-likeness (QED) is 0.848. The van der Waals surface area contributed by atoms with Crippen molar-refractivity contribution in [2.45, 2.75) is 20.4 Å². The number of aryl methyl sites for hydroxylation is 2. The fraction of sp³-hybridized carbons (Fsp3) is 0.200. The molecule has 2 rings (SSSR count). The van der Waals surface area contributed by atoms with Crippen LogP contribution < -0.4 is 5.32 Å². The van der Waals surface area contributed by atoms with E-state index in [1.165, 1.54) is 5.56 Å². The Bertz CT molecular complexity index is 588. The first-order valence-electron chi connectivity index (χ1n) is 5.92. The second-order valence-corrected chi connectivity index (χ2v) is 4.94. The zero-order chi connectivity index (χ0) is 14.0. The Kier molecular flexibility index (Phi) is 4.05. The molecule has 2 aromatic carbocycles. The van der Waals surface area contributed by atoms with Crippen LogP contribution in [0.15, 0.2) is 30.3 Å². The minimum absolute atomic E-state index is 0.0438. The van der Waals surface area contributed by atoms with Gasteiger partial charge in [-0.15, -0.1) is 0 Å². The summed E-state index contributed by atoms with van der Waals surface area (Å²) in [6.45, 7) is 4.45. The molecule has 2 aromatic rings. The largest absolute Gasteiger partial charge is 0.377 e. The fourth-order valence-corrected chi connectivity index (χ4v) is 2.20. The van der Waals surface area contributed by atoms with Gasteiger partial charge in [-0.25, -0.2) is 8.78 Å². The Morgan fingerprint density at radius 1 is 1.11 bits per heavy atom. The Hall–Kier alpha value is -1.61. The molecule has 100 valence electrons. The molecule has 0 atom stereocenters. The van der Waals surface area contributed by atoms with Crippen molar-refractivity contribution in [2.24, 2.45) is 0 Å². The number of rotatable bonds is 3. The van der Waals surface area contributed by atoms with Gasteiger partial charge >= 0.3 is 0 Å². The van der Waals surface area contributed by atoms with Gasteiger partial charge in [-0.2, -0.15) is 0 Å². The highest BCUT2D eigenvalue weighted by Crippen LogP contribution is 2.27. The fourth-order valence-electron chi connectivity index (χ4n) is 1.94. The molecule has 0 amide bonds. The predicted molar refractivity (Wildman–Crippen MR) is 74.6 cm³/mol. The molecule has 0 saturated carbocycles. The monoisotopic (exact) mass is 281 g/mol. The first-order chi connectivity index (χ1) is 8.97. The molecule has 0 heterocycles. The lowest BCUT2D eigenvalue weighted by atomic mass is 10.1. The summed E-state index contributed by atoms with van der Waals surface area (Å²) in [6, 6.07) is 7.93. The third-order valence-electron chi connectivity index (χ3n) is 2.96. The molecule has 0 fully saturated rings. The Balaban J connectivity index is 2.19. The summed E-state index contributed by atoms with van der Waals surface area (Å²) in [5, 5.41) is 2.96. The minimum atomic E-state index is -0.685. The van der Waals surface area contributed by atoms with Gasteiger partial charge in [-0.05, 0) is 31.0 Å². The SMILES string of the molecule is Cc1ccc(CNc2c(F)cc(F)cc2Cl)c(C)c1. The normalized spacial score (nSPS) is 10.6. The standard InChI is InChI=1S/C15H14ClF2N/c1-9-3-4-11(10(2)5-9)8-19-15-13(16)6-12(17)7-14(15)18/h3-7,19H,8H2,1-2H3. The molecule has 0 saturated heterocycles. The zero-order valence-corrected chi connectivity index (χ0v) is 11.5. The lowest BCUT2D eigenvalue weighted by Crippen LogP contribution is -2.04. The van der Waals surface area contributed by atoms with Crippen molar-refractivity contribution in [2.75, 3.05) is 5.32 Å². The summed E-state index contributed by atoms with van der Waals surface area (Å²) >= 11 is 5.82. The molecule has 0 radical (unpaired) electrons. The van der Waals surface area contributed by atoms with Gasteiger partial charge in [0.1, 0.15) is 5.82 Å². The molecule has 1 N–H and O–H groups in total. The second kappa shape index (κ2) is 5.57. The number of benzene rings is 2. The zero-order valence-electron chi connectivity index (χ0n) is 10.7. The summed E-state index contributed by atoms with van der Waals surface area (Å²) in [6.07, 6.45) is 0. The van der Waals surface area contributed by atoms with Crippen LogP contribution >= 0.6 is 11.6 Å². The Morgan fingerprint density at radius 3 is 2.47 bits per heavy atom. The van der Waals surface area contributed by atoms with Gasteiger partial charge in [0.2, 0.25) is 0 Å². The molecule has 0 aliphatic rings. The molecule has 0 unspecified atom stereocenters. The Morgan fingerprint density at radius 2 is 1.84 bits per heavy atom. The van der Waals surface area contributed by atoms with Gasteiger partial charge in [-0.3, -0.25) is 0 Å². The number of halogens is 3. The van der Waals surface area contributed by atoms with Crippen LogP contribution in [-0.4, -0.2) is 0 Å². The number of anilines is 1. The second-order valence-electron chi connectivity index (χ2n) is 4.53. The van der Waals surface area contributed by atoms with Gasteiger partial charge in [0.05, 0.1) is 10.7 Å². The maximum atomic E-state index is 13.6. The van der Waals surface area contributed by atoms with Crippen LogP contribution in [0.1, 0.15) is 16.7 Å². The lowest BCUT2D eigenvalue weighted by Gasteiger charge is -2.12. The molecule has 0 aromatic heterocycles. The first kappa shape index (κ1) is 13.8. The first-order valence-corrected chi connectivity index (χ1v) is 6.29. The van der Waals surface area contributed by atoms with E-state index in [0.29, 0.717) is 6.54 Å². The van der Waals surface area contributed by atoms with E-state index in [4.69, 9.17) is 11.6 Å². The van der Waals surface area contributed by atoms with Gasteiger partial charge < -0.3 is 5.32 Å². The molecule has 0 aliphatic carbocycles. The topological polar surface area (TPSA) is 12.0 Å². The van der Waals surface area contributed by atoms with Crippen LogP contribution in [0.25, 0.3) is 0 Å². The van der Waals surface area contributed by atoms with Crippen LogP contribution in [0.4, 0.5) is 14.5 Å². The minimum Gasteiger partial charge on any atom is -0.377 e. The van der Waals surface area contributed by atoms with E-state index in [2.05, 4.69) is 11.4 Å². The number of hydrogen-bond donors (Lipinski definition) is 1. The molecule has 19 heavy (non-hydrogen) atoms. The molecular weight excluding hydrogens is 268 g/mol. The van der Waals surface area contributed by atoms with Crippen molar-refractivity contribution in [3.8, 4) is 0 Å².